The second kappa shape index (κ2) is 6.43. The number of amides is 1. The van der Waals surface area contributed by atoms with Crippen LogP contribution in [0.3, 0.4) is 0 Å². The molecule has 0 bridgehead atoms. The summed E-state index contributed by atoms with van der Waals surface area (Å²) in [6.45, 7) is 6.51. The van der Waals surface area contributed by atoms with Crippen molar-refractivity contribution < 1.29 is 4.79 Å². The Balaban J connectivity index is 1.99. The van der Waals surface area contributed by atoms with Gasteiger partial charge in [0.05, 0.1) is 6.21 Å². The number of hydrogen-bond acceptors (Lipinski definition) is 3. The predicted molar refractivity (Wildman–Crippen MR) is 91.1 cm³/mol. The average molecular weight is 295 g/mol. The fourth-order valence-electron chi connectivity index (χ4n) is 1.98. The molecule has 0 aliphatic carbocycles. The Morgan fingerprint density at radius 2 is 1.82 bits per heavy atom. The number of nitrogens with zero attached hydrogens (tertiary/aromatic N) is 1. The molecule has 0 radical (unpaired) electrons. The lowest BCUT2D eigenvalue weighted by Gasteiger charge is -2.18. The number of hydrazone groups is 1. The minimum absolute atomic E-state index is 0.122. The molecule has 0 aliphatic heterocycles. The highest BCUT2D eigenvalue weighted by Gasteiger charge is 2.12. The van der Waals surface area contributed by atoms with Gasteiger partial charge in [-0.2, -0.15) is 5.10 Å². The van der Waals surface area contributed by atoms with Gasteiger partial charge < -0.3 is 5.73 Å². The van der Waals surface area contributed by atoms with E-state index in [1.54, 1.807) is 30.5 Å². The number of nitrogens with two attached hydrogens (primary N) is 1. The molecule has 2 rings (SSSR count). The van der Waals surface area contributed by atoms with E-state index in [1.807, 2.05) is 12.1 Å². The van der Waals surface area contributed by atoms with Gasteiger partial charge >= 0.3 is 0 Å². The summed E-state index contributed by atoms with van der Waals surface area (Å²) < 4.78 is 0. The van der Waals surface area contributed by atoms with Crippen molar-refractivity contribution in [1.29, 1.82) is 0 Å². The number of carbonyl (C=O) groups is 1. The van der Waals surface area contributed by atoms with Crippen molar-refractivity contribution in [2.45, 2.75) is 26.2 Å². The lowest BCUT2D eigenvalue weighted by atomic mass is 9.87. The van der Waals surface area contributed by atoms with Gasteiger partial charge in [-0.3, -0.25) is 4.79 Å². The van der Waals surface area contributed by atoms with Crippen LogP contribution in [-0.2, 0) is 5.41 Å². The number of nitrogens with one attached hydrogen (secondary N) is 1. The number of hydrogen-bond donors (Lipinski definition) is 2. The summed E-state index contributed by atoms with van der Waals surface area (Å²) in [6.07, 6.45) is 1.62. The Labute approximate surface area is 131 Å². The standard InChI is InChI=1S/C18H21N3O/c1-18(2,3)15-9-7-13(8-10-15)12-20-21-17(22)14-5-4-6-16(19)11-14/h4-12H,19H2,1-3H3,(H,21,22)/b20-12-. The van der Waals surface area contributed by atoms with E-state index in [4.69, 9.17) is 5.73 Å². The van der Waals surface area contributed by atoms with Crippen LogP contribution in [0.1, 0.15) is 42.3 Å². The van der Waals surface area contributed by atoms with Gasteiger partial charge in [0.2, 0.25) is 0 Å². The SMILES string of the molecule is CC(C)(C)c1ccc(/C=N\NC(=O)c2cccc(N)c2)cc1. The monoisotopic (exact) mass is 295 g/mol. The molecular weight excluding hydrogens is 274 g/mol. The largest absolute Gasteiger partial charge is 0.399 e. The van der Waals surface area contributed by atoms with E-state index >= 15 is 0 Å². The third-order valence-electron chi connectivity index (χ3n) is 3.31. The third-order valence-corrected chi connectivity index (χ3v) is 3.31. The van der Waals surface area contributed by atoms with Crippen molar-refractivity contribution in [2.75, 3.05) is 5.73 Å². The van der Waals surface area contributed by atoms with E-state index in [0.29, 0.717) is 11.3 Å². The Bertz CT molecular complexity index is 682. The zero-order valence-corrected chi connectivity index (χ0v) is 13.1. The molecular formula is C18H21N3O. The van der Waals surface area contributed by atoms with Crippen LogP contribution in [0.25, 0.3) is 0 Å². The molecule has 2 aromatic rings. The summed E-state index contributed by atoms with van der Waals surface area (Å²) in [4.78, 5) is 11.9. The van der Waals surface area contributed by atoms with Crippen molar-refractivity contribution in [1.82, 2.24) is 5.43 Å². The van der Waals surface area contributed by atoms with E-state index in [0.717, 1.165) is 5.56 Å². The maximum absolute atomic E-state index is 11.9. The maximum Gasteiger partial charge on any atom is 0.271 e. The van der Waals surface area contributed by atoms with Crippen molar-refractivity contribution in [3.05, 3.63) is 65.2 Å². The van der Waals surface area contributed by atoms with Gasteiger partial charge in [-0.05, 0) is 34.7 Å². The molecule has 3 N–H and O–H groups in total. The van der Waals surface area contributed by atoms with E-state index in [2.05, 4.69) is 43.4 Å². The topological polar surface area (TPSA) is 67.5 Å². The van der Waals surface area contributed by atoms with Crippen LogP contribution in [0.15, 0.2) is 53.6 Å². The van der Waals surface area contributed by atoms with Gasteiger partial charge in [0.15, 0.2) is 0 Å². The zero-order chi connectivity index (χ0) is 16.2. The lowest BCUT2D eigenvalue weighted by Crippen LogP contribution is -2.17. The summed E-state index contributed by atoms with van der Waals surface area (Å²) in [5, 5.41) is 3.97. The van der Waals surface area contributed by atoms with Gasteiger partial charge in [-0.25, -0.2) is 5.43 Å². The summed E-state index contributed by atoms with van der Waals surface area (Å²) in [5.41, 5.74) is 11.5. The molecule has 4 heteroatoms. The molecule has 0 heterocycles. The highest BCUT2D eigenvalue weighted by molar-refractivity contribution is 5.95. The van der Waals surface area contributed by atoms with Crippen LogP contribution in [0, 0.1) is 0 Å². The second-order valence-electron chi connectivity index (χ2n) is 6.20. The fraction of sp³-hybridized carbons (Fsp3) is 0.222. The average Bonchev–Trinajstić information content (AvgIpc) is 2.47. The molecule has 0 fully saturated rings. The summed E-state index contributed by atoms with van der Waals surface area (Å²) >= 11 is 0. The summed E-state index contributed by atoms with van der Waals surface area (Å²) in [7, 11) is 0. The first-order chi connectivity index (χ1) is 10.4. The number of anilines is 1. The molecule has 114 valence electrons. The fourth-order valence-corrected chi connectivity index (χ4v) is 1.98. The lowest BCUT2D eigenvalue weighted by molar-refractivity contribution is 0.0955. The Kier molecular flexibility index (Phi) is 4.61. The molecule has 0 atom stereocenters. The molecule has 0 saturated carbocycles. The first-order valence-corrected chi connectivity index (χ1v) is 7.16. The van der Waals surface area contributed by atoms with Crippen molar-refractivity contribution in [2.24, 2.45) is 5.10 Å². The summed E-state index contributed by atoms with van der Waals surface area (Å²) in [6, 6.07) is 14.9. The third kappa shape index (κ3) is 4.19. The van der Waals surface area contributed by atoms with E-state index in [9.17, 15) is 4.79 Å². The molecule has 2 aromatic carbocycles. The Morgan fingerprint density at radius 1 is 1.14 bits per heavy atom. The van der Waals surface area contributed by atoms with Crippen LogP contribution >= 0.6 is 0 Å². The van der Waals surface area contributed by atoms with Crippen LogP contribution in [0.4, 0.5) is 5.69 Å². The normalized spacial score (nSPS) is 11.6. The van der Waals surface area contributed by atoms with Crippen molar-refractivity contribution >= 4 is 17.8 Å². The number of carbonyl (C=O) groups excluding carboxylic acids is 1. The van der Waals surface area contributed by atoms with Crippen LogP contribution in [-0.4, -0.2) is 12.1 Å². The molecule has 1 amide bonds. The van der Waals surface area contributed by atoms with Gasteiger partial charge in [0.25, 0.3) is 5.91 Å². The predicted octanol–water partition coefficient (Wildman–Crippen LogP) is 3.33. The number of nitrogen functional groups attached to an aromatic ring is 1. The van der Waals surface area contributed by atoms with E-state index < -0.39 is 0 Å². The number of benzene rings is 2. The van der Waals surface area contributed by atoms with Crippen molar-refractivity contribution in [3.63, 3.8) is 0 Å². The highest BCUT2D eigenvalue weighted by atomic mass is 16.2. The second-order valence-corrected chi connectivity index (χ2v) is 6.20. The molecule has 0 unspecified atom stereocenters. The Morgan fingerprint density at radius 3 is 2.41 bits per heavy atom. The molecule has 0 aromatic heterocycles. The van der Waals surface area contributed by atoms with Gasteiger partial charge in [-0.1, -0.05) is 51.1 Å². The van der Waals surface area contributed by atoms with E-state index in [1.165, 1.54) is 5.56 Å². The van der Waals surface area contributed by atoms with Crippen LogP contribution in [0.5, 0.6) is 0 Å². The number of rotatable bonds is 3. The van der Waals surface area contributed by atoms with Crippen LogP contribution < -0.4 is 11.2 Å². The van der Waals surface area contributed by atoms with E-state index in [-0.39, 0.29) is 11.3 Å². The molecule has 0 saturated heterocycles. The Hall–Kier alpha value is -2.62. The summed E-state index contributed by atoms with van der Waals surface area (Å²) in [5.74, 6) is -0.283. The highest BCUT2D eigenvalue weighted by Crippen LogP contribution is 2.21. The van der Waals surface area contributed by atoms with Gasteiger partial charge in [0.1, 0.15) is 0 Å². The van der Waals surface area contributed by atoms with Gasteiger partial charge in [0, 0.05) is 11.3 Å². The quantitative estimate of drug-likeness (QED) is 0.518. The van der Waals surface area contributed by atoms with Gasteiger partial charge in [-0.15, -0.1) is 0 Å². The smallest absolute Gasteiger partial charge is 0.271 e. The van der Waals surface area contributed by atoms with Crippen LogP contribution in [0.2, 0.25) is 0 Å². The molecule has 0 spiro atoms. The zero-order valence-electron chi connectivity index (χ0n) is 13.1. The maximum atomic E-state index is 11.9. The first kappa shape index (κ1) is 15.8. The first-order valence-electron chi connectivity index (χ1n) is 7.16. The minimum Gasteiger partial charge on any atom is -0.399 e. The minimum atomic E-state index is -0.283. The molecule has 4 nitrogen and oxygen atoms in total. The molecule has 0 aliphatic rings. The van der Waals surface area contributed by atoms with Crippen molar-refractivity contribution in [3.8, 4) is 0 Å². The molecule has 22 heavy (non-hydrogen) atoms.